The van der Waals surface area contributed by atoms with Gasteiger partial charge in [-0.25, -0.2) is 13.8 Å². The van der Waals surface area contributed by atoms with E-state index in [2.05, 4.69) is 9.97 Å². The molecule has 4 aromatic rings. The van der Waals surface area contributed by atoms with Crippen LogP contribution in [0.4, 0.5) is 33.5 Å². The Hall–Kier alpha value is -4.67. The maximum absolute atomic E-state index is 14.3. The minimum atomic E-state index is -5.06. The Bertz CT molecular complexity index is 1650. The van der Waals surface area contributed by atoms with Crippen LogP contribution < -0.4 is 10.6 Å². The van der Waals surface area contributed by atoms with Gasteiger partial charge in [0.15, 0.2) is 11.6 Å². The van der Waals surface area contributed by atoms with Gasteiger partial charge in [-0.2, -0.15) is 13.2 Å². The van der Waals surface area contributed by atoms with Crippen molar-refractivity contribution in [1.29, 1.82) is 0 Å². The Balaban J connectivity index is 1.83. The summed E-state index contributed by atoms with van der Waals surface area (Å²) in [5.74, 6) is -4.10. The van der Waals surface area contributed by atoms with Crippen LogP contribution in [0.25, 0.3) is 22.3 Å². The zero-order valence-corrected chi connectivity index (χ0v) is 20.5. The number of benzene rings is 2. The van der Waals surface area contributed by atoms with Gasteiger partial charge in [0.05, 0.1) is 28.4 Å². The number of nitrogens with two attached hydrogens (primary N) is 1. The Morgan fingerprint density at radius 2 is 1.69 bits per heavy atom. The monoisotopic (exact) mass is 538 g/mol. The maximum atomic E-state index is 14.3. The van der Waals surface area contributed by atoms with Crippen LogP contribution in [0.15, 0.2) is 67.1 Å². The summed E-state index contributed by atoms with van der Waals surface area (Å²) in [6.07, 6.45) is -0.671. The van der Waals surface area contributed by atoms with Crippen molar-refractivity contribution in [3.8, 4) is 22.3 Å². The summed E-state index contributed by atoms with van der Waals surface area (Å²) in [6.45, 7) is 3.29. The highest BCUT2D eigenvalue weighted by molar-refractivity contribution is 6.13. The Morgan fingerprint density at radius 3 is 2.31 bits per heavy atom. The molecule has 2 aromatic heterocycles. The van der Waals surface area contributed by atoms with Crippen molar-refractivity contribution in [3.63, 3.8) is 0 Å². The molecule has 11 heteroatoms. The van der Waals surface area contributed by atoms with Crippen molar-refractivity contribution in [1.82, 2.24) is 9.97 Å². The first kappa shape index (κ1) is 26.0. The van der Waals surface area contributed by atoms with Gasteiger partial charge in [0.2, 0.25) is 11.8 Å². The van der Waals surface area contributed by atoms with E-state index >= 15 is 0 Å². The second-order valence-electron chi connectivity index (χ2n) is 9.47. The average Bonchev–Trinajstić information content (AvgIpc) is 3.09. The third-order valence-electron chi connectivity index (χ3n) is 6.64. The molecule has 0 aliphatic carbocycles. The number of alkyl halides is 3. The van der Waals surface area contributed by atoms with E-state index < -0.39 is 45.8 Å². The van der Waals surface area contributed by atoms with Crippen molar-refractivity contribution < 1.29 is 31.5 Å². The Kier molecular flexibility index (Phi) is 5.97. The highest BCUT2D eigenvalue weighted by Gasteiger charge is 2.48. The first-order chi connectivity index (χ1) is 18.3. The van der Waals surface area contributed by atoms with Crippen LogP contribution in [0.5, 0.6) is 0 Å². The number of pyridine rings is 2. The summed E-state index contributed by atoms with van der Waals surface area (Å²) < 4.78 is 70.5. The molecular weight excluding hydrogens is 519 g/mol. The number of rotatable bonds is 4. The maximum Gasteiger partial charge on any atom is 0.417 e. The fourth-order valence-corrected chi connectivity index (χ4v) is 4.87. The van der Waals surface area contributed by atoms with Gasteiger partial charge in [-0.3, -0.25) is 19.5 Å². The number of carbonyl (C=O) groups is 2. The lowest BCUT2D eigenvalue weighted by atomic mass is 9.81. The number of carbonyl (C=O) groups excluding carboxylic acids is 2. The molecule has 0 saturated carbocycles. The average molecular weight is 538 g/mol. The number of aromatic nitrogens is 2. The van der Waals surface area contributed by atoms with E-state index in [-0.39, 0.29) is 22.9 Å². The molecule has 1 aliphatic rings. The Labute approximate surface area is 218 Å². The summed E-state index contributed by atoms with van der Waals surface area (Å²) in [7, 11) is 0. The van der Waals surface area contributed by atoms with Crippen LogP contribution >= 0.6 is 0 Å². The first-order valence-corrected chi connectivity index (χ1v) is 11.6. The molecule has 198 valence electrons. The second-order valence-corrected chi connectivity index (χ2v) is 9.47. The summed E-state index contributed by atoms with van der Waals surface area (Å²) in [6, 6.07) is 9.19. The zero-order chi connectivity index (χ0) is 28.3. The topological polar surface area (TPSA) is 89.2 Å². The molecule has 0 atom stereocenters. The summed E-state index contributed by atoms with van der Waals surface area (Å²) >= 11 is 0. The molecule has 0 bridgehead atoms. The third kappa shape index (κ3) is 4.19. The predicted molar refractivity (Wildman–Crippen MR) is 133 cm³/mol. The largest absolute Gasteiger partial charge is 0.417 e. The number of amides is 2. The third-order valence-corrected chi connectivity index (χ3v) is 6.64. The fraction of sp³-hybridized carbons (Fsp3) is 0.143. The van der Waals surface area contributed by atoms with Crippen LogP contribution in [-0.4, -0.2) is 21.8 Å². The lowest BCUT2D eigenvalue weighted by molar-refractivity contribution is -0.137. The molecule has 6 nitrogen and oxygen atoms in total. The molecule has 39 heavy (non-hydrogen) atoms. The first-order valence-electron chi connectivity index (χ1n) is 11.6. The minimum absolute atomic E-state index is 0.101. The summed E-state index contributed by atoms with van der Waals surface area (Å²) in [5, 5.41) is 0. The standard InChI is InChI=1S/C28H19F5N4O2/c1-27(2)23-17(7-9-36-25(23)37(26(27)39)16-4-3-8-35-13-16)15-10-18(14-5-6-20(29)21(30)12-14)22(28(31,32)33)19(11-15)24(34)38/h3-13H,1-2H3,(H2,34,38). The predicted octanol–water partition coefficient (Wildman–Crippen LogP) is 6.16. The number of anilines is 2. The van der Waals surface area contributed by atoms with Gasteiger partial charge in [0.25, 0.3) is 0 Å². The van der Waals surface area contributed by atoms with E-state index in [4.69, 9.17) is 5.73 Å². The number of fused-ring (bicyclic) bond motifs is 1. The summed E-state index contributed by atoms with van der Waals surface area (Å²) in [4.78, 5) is 35.7. The van der Waals surface area contributed by atoms with Gasteiger partial charge in [-0.1, -0.05) is 6.07 Å². The van der Waals surface area contributed by atoms with E-state index in [1.54, 1.807) is 26.0 Å². The number of nitrogens with zero attached hydrogens (tertiary/aromatic N) is 3. The summed E-state index contributed by atoms with van der Waals surface area (Å²) in [5.41, 5.74) is 2.30. The fourth-order valence-electron chi connectivity index (χ4n) is 4.87. The van der Waals surface area contributed by atoms with Crippen LogP contribution in [0.1, 0.15) is 35.3 Å². The van der Waals surface area contributed by atoms with Crippen molar-refractivity contribution in [3.05, 3.63) is 95.4 Å². The van der Waals surface area contributed by atoms with Crippen LogP contribution in [0, 0.1) is 11.6 Å². The van der Waals surface area contributed by atoms with E-state index in [0.29, 0.717) is 28.9 Å². The molecule has 1 aliphatic heterocycles. The molecular formula is C28H19F5N4O2. The second kappa shape index (κ2) is 8.97. The van der Waals surface area contributed by atoms with Crippen LogP contribution in [-0.2, 0) is 16.4 Å². The molecule has 0 unspecified atom stereocenters. The molecule has 0 radical (unpaired) electrons. The van der Waals surface area contributed by atoms with Gasteiger partial charge < -0.3 is 5.73 Å². The van der Waals surface area contributed by atoms with E-state index in [1.165, 1.54) is 29.6 Å². The minimum Gasteiger partial charge on any atom is -0.366 e. The molecule has 0 spiro atoms. The number of hydrogen-bond acceptors (Lipinski definition) is 4. The molecule has 3 heterocycles. The molecule has 2 aromatic carbocycles. The van der Waals surface area contributed by atoms with Crippen molar-refractivity contribution in [2.24, 2.45) is 5.73 Å². The number of primary amides is 1. The lowest BCUT2D eigenvalue weighted by Crippen LogP contribution is -2.33. The van der Waals surface area contributed by atoms with E-state index in [1.807, 2.05) is 0 Å². The van der Waals surface area contributed by atoms with Gasteiger partial charge >= 0.3 is 6.18 Å². The molecule has 0 saturated heterocycles. The van der Waals surface area contributed by atoms with Crippen molar-refractivity contribution in [2.75, 3.05) is 4.90 Å². The normalized spacial score (nSPS) is 14.4. The molecule has 2 N–H and O–H groups in total. The smallest absolute Gasteiger partial charge is 0.366 e. The van der Waals surface area contributed by atoms with Crippen LogP contribution in [0.3, 0.4) is 0 Å². The highest BCUT2D eigenvalue weighted by atomic mass is 19.4. The van der Waals surface area contributed by atoms with E-state index in [9.17, 15) is 31.5 Å². The molecule has 0 fully saturated rings. The van der Waals surface area contributed by atoms with Crippen molar-refractivity contribution >= 4 is 23.3 Å². The van der Waals surface area contributed by atoms with Crippen LogP contribution in [0.2, 0.25) is 0 Å². The zero-order valence-electron chi connectivity index (χ0n) is 20.5. The lowest BCUT2D eigenvalue weighted by Gasteiger charge is -2.22. The Morgan fingerprint density at radius 1 is 0.949 bits per heavy atom. The molecule has 5 rings (SSSR count). The van der Waals surface area contributed by atoms with Crippen molar-refractivity contribution in [2.45, 2.75) is 25.4 Å². The quantitative estimate of drug-likeness (QED) is 0.315. The van der Waals surface area contributed by atoms with Gasteiger partial charge in [-0.05, 0) is 78.6 Å². The van der Waals surface area contributed by atoms with E-state index in [0.717, 1.165) is 18.2 Å². The SMILES string of the molecule is CC1(C)C(=O)N(c2cccnc2)c2nccc(-c3cc(C(N)=O)c(C(F)(F)F)c(-c4ccc(F)c(F)c4)c3)c21. The van der Waals surface area contributed by atoms with Gasteiger partial charge in [0.1, 0.15) is 5.82 Å². The number of halogens is 5. The van der Waals surface area contributed by atoms with Gasteiger partial charge in [0, 0.05) is 18.0 Å². The molecule has 2 amide bonds. The highest BCUT2D eigenvalue weighted by Crippen LogP contribution is 2.49. The van der Waals surface area contributed by atoms with Gasteiger partial charge in [-0.15, -0.1) is 0 Å². The number of hydrogen-bond donors (Lipinski definition) is 1.